The number of sulfonamides is 1. The van der Waals surface area contributed by atoms with Gasteiger partial charge in [-0.2, -0.15) is 5.26 Å². The van der Waals surface area contributed by atoms with Gasteiger partial charge in [-0.3, -0.25) is 0 Å². The van der Waals surface area contributed by atoms with Crippen LogP contribution >= 0.6 is 11.6 Å². The van der Waals surface area contributed by atoms with Gasteiger partial charge in [0.05, 0.1) is 17.0 Å². The molecule has 1 saturated heterocycles. The van der Waals surface area contributed by atoms with Crippen molar-refractivity contribution in [3.63, 3.8) is 0 Å². The van der Waals surface area contributed by atoms with E-state index in [1.54, 1.807) is 12.1 Å². The van der Waals surface area contributed by atoms with Crippen LogP contribution in [0.1, 0.15) is 31.7 Å². The molecule has 0 atom stereocenters. The zero-order valence-electron chi connectivity index (χ0n) is 12.5. The molecule has 0 spiro atoms. The first-order valence-electron chi connectivity index (χ1n) is 7.40. The van der Waals surface area contributed by atoms with E-state index in [1.807, 2.05) is 13.0 Å². The third kappa shape index (κ3) is 4.35. The highest BCUT2D eigenvalue weighted by atomic mass is 35.5. The molecular weight excluding hydrogens is 322 g/mol. The van der Waals surface area contributed by atoms with Crippen molar-refractivity contribution < 1.29 is 8.42 Å². The Hall–Kier alpha value is -1.29. The maximum absolute atomic E-state index is 11.8. The van der Waals surface area contributed by atoms with Crippen molar-refractivity contribution in [2.24, 2.45) is 0 Å². The molecule has 1 aliphatic rings. The average molecular weight is 342 g/mol. The Bertz CT molecular complexity index is 662. The van der Waals surface area contributed by atoms with Crippen molar-refractivity contribution in [1.29, 1.82) is 5.26 Å². The molecule has 0 aromatic heterocycles. The summed E-state index contributed by atoms with van der Waals surface area (Å²) in [5, 5.41) is 9.75. The monoisotopic (exact) mass is 341 g/mol. The Morgan fingerprint density at radius 3 is 2.68 bits per heavy atom. The van der Waals surface area contributed by atoms with Gasteiger partial charge in [0.1, 0.15) is 6.07 Å². The summed E-state index contributed by atoms with van der Waals surface area (Å²) in [6.45, 7) is 3.29. The number of nitrogens with zero attached hydrogens (tertiary/aromatic N) is 2. The van der Waals surface area contributed by atoms with E-state index in [2.05, 4.69) is 15.7 Å². The van der Waals surface area contributed by atoms with Crippen molar-refractivity contribution >= 4 is 27.3 Å². The molecule has 7 heteroatoms. The second-order valence-corrected chi connectivity index (χ2v) is 7.78. The topological polar surface area (TPSA) is 73.2 Å². The van der Waals surface area contributed by atoms with E-state index in [0.717, 1.165) is 31.6 Å². The molecule has 1 fully saturated rings. The average Bonchev–Trinajstić information content (AvgIpc) is 2.47. The van der Waals surface area contributed by atoms with Crippen LogP contribution in [0.3, 0.4) is 0 Å². The zero-order valence-corrected chi connectivity index (χ0v) is 14.1. The van der Waals surface area contributed by atoms with Crippen LogP contribution in [0.4, 0.5) is 5.69 Å². The predicted octanol–water partition coefficient (Wildman–Crippen LogP) is 2.51. The summed E-state index contributed by atoms with van der Waals surface area (Å²) >= 11 is 5.91. The van der Waals surface area contributed by atoms with Crippen LogP contribution in [0.5, 0.6) is 0 Å². The zero-order chi connectivity index (χ0) is 16.2. The number of benzene rings is 1. The number of hydrogen-bond acceptors (Lipinski definition) is 4. The molecule has 0 radical (unpaired) electrons. The van der Waals surface area contributed by atoms with Crippen LogP contribution in [0.25, 0.3) is 0 Å². The van der Waals surface area contributed by atoms with E-state index in [-0.39, 0.29) is 11.8 Å². The number of anilines is 1. The van der Waals surface area contributed by atoms with Gasteiger partial charge < -0.3 is 4.90 Å². The summed E-state index contributed by atoms with van der Waals surface area (Å²) in [6, 6.07) is 7.42. The van der Waals surface area contributed by atoms with E-state index in [1.165, 1.54) is 0 Å². The smallest absolute Gasteiger partial charge is 0.211 e. The molecule has 0 aliphatic carbocycles. The van der Waals surface area contributed by atoms with E-state index < -0.39 is 10.0 Å². The minimum absolute atomic E-state index is 0.0226. The summed E-state index contributed by atoms with van der Waals surface area (Å²) in [7, 11) is -3.17. The van der Waals surface area contributed by atoms with Gasteiger partial charge >= 0.3 is 0 Å². The lowest BCUT2D eigenvalue weighted by Gasteiger charge is -2.34. The number of halogens is 1. The fraction of sp³-hybridized carbons (Fsp3) is 0.533. The Morgan fingerprint density at radius 2 is 2.09 bits per heavy atom. The van der Waals surface area contributed by atoms with Gasteiger partial charge in [0.2, 0.25) is 10.0 Å². The van der Waals surface area contributed by atoms with Crippen LogP contribution in [0, 0.1) is 11.3 Å². The maximum Gasteiger partial charge on any atom is 0.211 e. The van der Waals surface area contributed by atoms with Gasteiger partial charge in [0, 0.05) is 24.2 Å². The largest absolute Gasteiger partial charge is 0.370 e. The predicted molar refractivity (Wildman–Crippen MR) is 88.6 cm³/mol. The molecule has 22 heavy (non-hydrogen) atoms. The molecule has 0 saturated carbocycles. The lowest BCUT2D eigenvalue weighted by molar-refractivity contribution is 0.460. The van der Waals surface area contributed by atoms with Gasteiger partial charge in [-0.15, -0.1) is 0 Å². The second kappa shape index (κ2) is 7.32. The number of hydrogen-bond donors (Lipinski definition) is 1. The van der Waals surface area contributed by atoms with Gasteiger partial charge in [0.25, 0.3) is 0 Å². The number of nitriles is 1. The van der Waals surface area contributed by atoms with Crippen LogP contribution in [0.2, 0.25) is 5.02 Å². The Balaban J connectivity index is 2.00. The standard InChI is InChI=1S/C15H20ClN3O2S/c1-2-9-22(20,21)18-14-5-7-19(8-6-14)15-4-3-13(16)10-12(15)11-17/h3-4,10,14,18H,2,5-9H2,1H3. The van der Waals surface area contributed by atoms with Crippen molar-refractivity contribution in [3.05, 3.63) is 28.8 Å². The molecule has 1 aromatic rings. The molecule has 5 nitrogen and oxygen atoms in total. The van der Waals surface area contributed by atoms with Gasteiger partial charge in [-0.05, 0) is 37.5 Å². The first-order valence-corrected chi connectivity index (χ1v) is 9.43. The van der Waals surface area contributed by atoms with E-state index >= 15 is 0 Å². The van der Waals surface area contributed by atoms with Crippen molar-refractivity contribution in [2.75, 3.05) is 23.7 Å². The second-order valence-electron chi connectivity index (χ2n) is 5.47. The summed E-state index contributed by atoms with van der Waals surface area (Å²) in [6.07, 6.45) is 2.08. The Kier molecular flexibility index (Phi) is 5.68. The van der Waals surface area contributed by atoms with Gasteiger partial charge in [0.15, 0.2) is 0 Å². The highest BCUT2D eigenvalue weighted by molar-refractivity contribution is 7.89. The van der Waals surface area contributed by atoms with E-state index in [0.29, 0.717) is 17.0 Å². The summed E-state index contributed by atoms with van der Waals surface area (Å²) < 4.78 is 26.4. The normalized spacial score (nSPS) is 16.5. The highest BCUT2D eigenvalue weighted by Crippen LogP contribution is 2.26. The van der Waals surface area contributed by atoms with E-state index in [4.69, 9.17) is 11.6 Å². The first kappa shape index (κ1) is 17.1. The number of piperidine rings is 1. The highest BCUT2D eigenvalue weighted by Gasteiger charge is 2.24. The van der Waals surface area contributed by atoms with Crippen LogP contribution in [-0.4, -0.2) is 33.3 Å². The summed E-state index contributed by atoms with van der Waals surface area (Å²) in [4.78, 5) is 2.11. The molecule has 0 amide bonds. The quantitative estimate of drug-likeness (QED) is 0.893. The minimum atomic E-state index is -3.17. The Morgan fingerprint density at radius 1 is 1.41 bits per heavy atom. The fourth-order valence-corrected chi connectivity index (χ4v) is 4.26. The van der Waals surface area contributed by atoms with Crippen LogP contribution < -0.4 is 9.62 Å². The summed E-state index contributed by atoms with van der Waals surface area (Å²) in [5.41, 5.74) is 1.42. The molecule has 1 heterocycles. The van der Waals surface area contributed by atoms with Crippen molar-refractivity contribution in [3.8, 4) is 6.07 Å². The van der Waals surface area contributed by atoms with Gasteiger partial charge in [-0.1, -0.05) is 18.5 Å². The van der Waals surface area contributed by atoms with E-state index in [9.17, 15) is 13.7 Å². The van der Waals surface area contributed by atoms with Gasteiger partial charge in [-0.25, -0.2) is 13.1 Å². The number of rotatable bonds is 5. The lowest BCUT2D eigenvalue weighted by atomic mass is 10.0. The molecule has 0 bridgehead atoms. The van der Waals surface area contributed by atoms with Crippen LogP contribution in [0.15, 0.2) is 18.2 Å². The first-order chi connectivity index (χ1) is 10.4. The molecule has 1 aromatic carbocycles. The third-order valence-corrected chi connectivity index (χ3v) is 5.61. The number of nitrogens with one attached hydrogen (secondary N) is 1. The molecule has 0 unspecified atom stereocenters. The molecule has 1 N–H and O–H groups in total. The van der Waals surface area contributed by atoms with Crippen LogP contribution in [-0.2, 0) is 10.0 Å². The third-order valence-electron chi connectivity index (χ3n) is 3.73. The fourth-order valence-electron chi connectivity index (χ4n) is 2.69. The lowest BCUT2D eigenvalue weighted by Crippen LogP contribution is -2.45. The molecular formula is C15H20ClN3O2S. The SMILES string of the molecule is CCCS(=O)(=O)NC1CCN(c2ccc(Cl)cc2C#N)CC1. The minimum Gasteiger partial charge on any atom is -0.370 e. The molecule has 1 aliphatic heterocycles. The Labute approximate surface area is 136 Å². The molecule has 2 rings (SSSR count). The van der Waals surface area contributed by atoms with Crippen molar-refractivity contribution in [2.45, 2.75) is 32.2 Å². The molecule has 120 valence electrons. The van der Waals surface area contributed by atoms with Crippen molar-refractivity contribution in [1.82, 2.24) is 4.72 Å². The summed E-state index contributed by atoms with van der Waals surface area (Å²) in [5.74, 6) is 0.170. The maximum atomic E-state index is 11.8.